The molecule has 9 nitrogen and oxygen atoms in total. The van der Waals surface area contributed by atoms with Crippen LogP contribution in [-0.4, -0.2) is 76.5 Å². The maximum atomic E-state index is 12.3. The predicted octanol–water partition coefficient (Wildman–Crippen LogP) is 1.25. The Morgan fingerprint density at radius 2 is 1.93 bits per heavy atom. The highest BCUT2D eigenvalue weighted by Gasteiger charge is 2.51. The van der Waals surface area contributed by atoms with Crippen LogP contribution in [0.5, 0.6) is 0 Å². The quantitative estimate of drug-likeness (QED) is 0.720. The van der Waals surface area contributed by atoms with Gasteiger partial charge in [-0.1, -0.05) is 0 Å². The van der Waals surface area contributed by atoms with E-state index in [1.807, 2.05) is 0 Å². The summed E-state index contributed by atoms with van der Waals surface area (Å²) >= 11 is 0. The number of aromatic nitrogens is 2. The number of halogens is 3. The number of alkyl halides is 3. The van der Waals surface area contributed by atoms with Gasteiger partial charge in [0, 0.05) is 31.9 Å². The molecule has 162 valence electrons. The molecule has 0 radical (unpaired) electrons. The van der Waals surface area contributed by atoms with E-state index in [-0.39, 0.29) is 16.9 Å². The van der Waals surface area contributed by atoms with E-state index in [1.54, 1.807) is 22.8 Å². The van der Waals surface area contributed by atoms with Crippen molar-refractivity contribution in [1.82, 2.24) is 14.3 Å². The number of aliphatic carboxylic acids is 1. The number of hydrogen-bond acceptors (Lipinski definition) is 7. The molecule has 1 aromatic rings. The van der Waals surface area contributed by atoms with Crippen LogP contribution >= 0.6 is 0 Å². The molecule has 1 aliphatic carbocycles. The zero-order chi connectivity index (χ0) is 21.3. The van der Waals surface area contributed by atoms with E-state index in [1.165, 1.54) is 0 Å². The van der Waals surface area contributed by atoms with Crippen molar-refractivity contribution in [3.63, 3.8) is 0 Å². The fraction of sp³-hybridized carbons (Fsp3) is 0.688. The summed E-state index contributed by atoms with van der Waals surface area (Å²) in [5, 5.41) is 10.2. The molecule has 2 aliphatic heterocycles. The van der Waals surface area contributed by atoms with E-state index in [4.69, 9.17) is 14.6 Å². The molecule has 4 rings (SSSR count). The lowest BCUT2D eigenvalue weighted by atomic mass is 9.97. The van der Waals surface area contributed by atoms with E-state index < -0.39 is 22.2 Å². The van der Waals surface area contributed by atoms with Crippen molar-refractivity contribution in [2.45, 2.75) is 48.8 Å². The number of hydrogen-bond donors (Lipinski definition) is 2. The molecule has 2 atom stereocenters. The van der Waals surface area contributed by atoms with Gasteiger partial charge >= 0.3 is 12.1 Å². The molecular formula is C16H21F3N4O5S. The second-order valence-electron chi connectivity index (χ2n) is 7.24. The van der Waals surface area contributed by atoms with Crippen molar-refractivity contribution < 1.29 is 36.2 Å². The Morgan fingerprint density at radius 1 is 1.31 bits per heavy atom. The minimum absolute atomic E-state index is 0.131. The molecule has 0 aromatic carbocycles. The summed E-state index contributed by atoms with van der Waals surface area (Å²) in [6.45, 7) is 1.63. The van der Waals surface area contributed by atoms with Crippen LogP contribution in [0.2, 0.25) is 0 Å². The Kier molecular flexibility index (Phi) is 6.01. The SMILES string of the molecule is O=C(O)C(F)(F)F.O=S(=O)(C1CC1)N1CCC2(CC(Nc3ncccn3)CO2)C1. The van der Waals surface area contributed by atoms with E-state index in [9.17, 15) is 21.6 Å². The second-order valence-corrected chi connectivity index (χ2v) is 9.46. The standard InChI is InChI=1S/C14H20N4O3S.C2HF3O2/c19-22(20,12-2-3-12)18-7-4-14(10-18)8-11(9-21-14)17-13-15-5-1-6-16-13;3-2(4,5)1(6)7/h1,5-6,11-12H,2-4,7-10H2,(H,15,16,17);(H,6,7). The van der Waals surface area contributed by atoms with Crippen molar-refractivity contribution in [3.05, 3.63) is 18.5 Å². The number of rotatable bonds is 4. The minimum Gasteiger partial charge on any atom is -0.475 e. The van der Waals surface area contributed by atoms with Gasteiger partial charge in [-0.05, 0) is 25.3 Å². The molecule has 3 heterocycles. The third-order valence-corrected chi connectivity index (χ3v) is 7.28. The molecular weight excluding hydrogens is 417 g/mol. The average molecular weight is 438 g/mol. The number of sulfonamides is 1. The van der Waals surface area contributed by atoms with Gasteiger partial charge in [0.05, 0.1) is 23.5 Å². The van der Waals surface area contributed by atoms with Crippen LogP contribution in [0, 0.1) is 0 Å². The third-order valence-electron chi connectivity index (χ3n) is 4.94. The molecule has 1 saturated carbocycles. The monoisotopic (exact) mass is 438 g/mol. The maximum Gasteiger partial charge on any atom is 0.490 e. The summed E-state index contributed by atoms with van der Waals surface area (Å²) in [6.07, 6.45) is 1.49. The lowest BCUT2D eigenvalue weighted by Crippen LogP contribution is -2.37. The van der Waals surface area contributed by atoms with Crippen LogP contribution in [0.4, 0.5) is 19.1 Å². The van der Waals surface area contributed by atoms with Gasteiger partial charge in [-0.3, -0.25) is 0 Å². The van der Waals surface area contributed by atoms with Gasteiger partial charge < -0.3 is 15.2 Å². The first-order valence-corrected chi connectivity index (χ1v) is 10.5. The molecule has 0 amide bonds. The zero-order valence-electron chi connectivity index (χ0n) is 15.3. The van der Waals surface area contributed by atoms with Crippen LogP contribution in [0.25, 0.3) is 0 Å². The van der Waals surface area contributed by atoms with Gasteiger partial charge in [-0.25, -0.2) is 23.2 Å². The molecule has 0 bridgehead atoms. The van der Waals surface area contributed by atoms with Crippen LogP contribution < -0.4 is 5.32 Å². The highest BCUT2D eigenvalue weighted by Crippen LogP contribution is 2.40. The van der Waals surface area contributed by atoms with Crippen molar-refractivity contribution in [1.29, 1.82) is 0 Å². The van der Waals surface area contributed by atoms with Gasteiger partial charge in [-0.2, -0.15) is 17.5 Å². The van der Waals surface area contributed by atoms with E-state index in [2.05, 4.69) is 15.3 Å². The third kappa shape index (κ3) is 5.34. The van der Waals surface area contributed by atoms with Gasteiger partial charge in [0.15, 0.2) is 0 Å². The zero-order valence-corrected chi connectivity index (χ0v) is 16.1. The normalized spacial score (nSPS) is 27.5. The number of carboxylic acids is 1. The Labute approximate surface area is 165 Å². The Balaban J connectivity index is 0.000000298. The number of carboxylic acid groups (broad SMARTS) is 1. The summed E-state index contributed by atoms with van der Waals surface area (Å²) in [7, 11) is -3.10. The second kappa shape index (κ2) is 8.03. The van der Waals surface area contributed by atoms with Crippen LogP contribution in [-0.2, 0) is 19.6 Å². The van der Waals surface area contributed by atoms with E-state index in [0.717, 1.165) is 25.7 Å². The molecule has 1 aromatic heterocycles. The lowest BCUT2D eigenvalue weighted by molar-refractivity contribution is -0.192. The van der Waals surface area contributed by atoms with Gasteiger partial charge in [0.25, 0.3) is 0 Å². The van der Waals surface area contributed by atoms with Crippen LogP contribution in [0.1, 0.15) is 25.7 Å². The van der Waals surface area contributed by atoms with E-state index >= 15 is 0 Å². The first-order valence-electron chi connectivity index (χ1n) is 8.98. The van der Waals surface area contributed by atoms with E-state index in [0.29, 0.717) is 25.6 Å². The molecule has 13 heteroatoms. The molecule has 3 aliphatic rings. The summed E-state index contributed by atoms with van der Waals surface area (Å²) in [5.74, 6) is -2.17. The highest BCUT2D eigenvalue weighted by molar-refractivity contribution is 7.90. The fourth-order valence-corrected chi connectivity index (χ4v) is 5.29. The largest absolute Gasteiger partial charge is 0.490 e. The number of carbonyl (C=O) groups is 1. The van der Waals surface area contributed by atoms with Gasteiger partial charge in [0.2, 0.25) is 16.0 Å². The predicted molar refractivity (Wildman–Crippen MR) is 94.6 cm³/mol. The first-order chi connectivity index (χ1) is 13.5. The smallest absolute Gasteiger partial charge is 0.475 e. The summed E-state index contributed by atoms with van der Waals surface area (Å²) in [5.41, 5.74) is -0.339. The van der Waals surface area contributed by atoms with Crippen LogP contribution in [0.15, 0.2) is 18.5 Å². The number of nitrogens with one attached hydrogen (secondary N) is 1. The molecule has 3 fully saturated rings. The molecule has 2 unspecified atom stereocenters. The Hall–Kier alpha value is -1.99. The number of nitrogens with zero attached hydrogens (tertiary/aromatic N) is 3. The van der Waals surface area contributed by atoms with Gasteiger partial charge in [-0.15, -0.1) is 0 Å². The maximum absolute atomic E-state index is 12.3. The molecule has 2 N–H and O–H groups in total. The number of anilines is 1. The topological polar surface area (TPSA) is 122 Å². The highest BCUT2D eigenvalue weighted by atomic mass is 32.2. The summed E-state index contributed by atoms with van der Waals surface area (Å²) < 4.78 is 64.0. The van der Waals surface area contributed by atoms with Crippen molar-refractivity contribution in [3.8, 4) is 0 Å². The molecule has 1 spiro atoms. The number of ether oxygens (including phenoxy) is 1. The average Bonchev–Trinajstić information content (AvgIpc) is 3.33. The fourth-order valence-electron chi connectivity index (χ4n) is 3.38. The van der Waals surface area contributed by atoms with Gasteiger partial charge in [0.1, 0.15) is 0 Å². The molecule has 2 saturated heterocycles. The van der Waals surface area contributed by atoms with Crippen LogP contribution in [0.3, 0.4) is 0 Å². The van der Waals surface area contributed by atoms with Crippen molar-refractivity contribution >= 4 is 21.9 Å². The Morgan fingerprint density at radius 3 is 2.48 bits per heavy atom. The Bertz CT molecular complexity index is 835. The van der Waals surface area contributed by atoms with Crippen molar-refractivity contribution in [2.75, 3.05) is 25.0 Å². The summed E-state index contributed by atoms with van der Waals surface area (Å²) in [4.78, 5) is 17.2. The molecule has 29 heavy (non-hydrogen) atoms. The summed E-state index contributed by atoms with van der Waals surface area (Å²) in [6, 6.07) is 1.90. The lowest BCUT2D eigenvalue weighted by Gasteiger charge is -2.23. The minimum atomic E-state index is -5.08. The van der Waals surface area contributed by atoms with Crippen molar-refractivity contribution in [2.24, 2.45) is 0 Å². The first kappa shape index (κ1) is 21.7.